The van der Waals surface area contributed by atoms with Crippen LogP contribution in [0.1, 0.15) is 5.76 Å². The van der Waals surface area contributed by atoms with Crippen LogP contribution in [0.2, 0.25) is 0 Å². The molecule has 0 fully saturated rings. The van der Waals surface area contributed by atoms with Gasteiger partial charge >= 0.3 is 5.88 Å². The number of alkyl halides is 2. The van der Waals surface area contributed by atoms with Gasteiger partial charge in [-0.05, 0) is 6.07 Å². The third-order valence-electron chi connectivity index (χ3n) is 2.13. The van der Waals surface area contributed by atoms with Crippen molar-refractivity contribution in [2.24, 2.45) is 0 Å². The molecule has 1 atom stereocenters. The van der Waals surface area contributed by atoms with Gasteiger partial charge in [-0.1, -0.05) is 0 Å². The molecule has 10 heteroatoms. The van der Waals surface area contributed by atoms with Crippen molar-refractivity contribution < 1.29 is 18.4 Å². The Bertz CT molecular complexity index is 436. The van der Waals surface area contributed by atoms with E-state index in [4.69, 9.17) is 32.1 Å². The summed E-state index contributed by atoms with van der Waals surface area (Å²) in [6, 6.07) is 2.62. The van der Waals surface area contributed by atoms with Crippen LogP contribution in [0.25, 0.3) is 0 Å². The van der Waals surface area contributed by atoms with Gasteiger partial charge in [0.15, 0.2) is 0 Å². The van der Waals surface area contributed by atoms with Crippen LogP contribution in [0.3, 0.4) is 0 Å². The van der Waals surface area contributed by atoms with E-state index in [1.807, 2.05) is 0 Å². The smallest absolute Gasteiger partial charge is 0.403 e. The standard InChI is InChI=1S/C9H13Cl2N2O5P/c10-3-5-12(6-4-11)19(16)17-7-8-1-2-9(18-8)13(14)15/h1-2,19H,3-7H2. The van der Waals surface area contributed by atoms with Crippen LogP contribution >= 0.6 is 31.4 Å². The molecule has 0 N–H and O–H groups in total. The second-order valence-corrected chi connectivity index (χ2v) is 5.63. The van der Waals surface area contributed by atoms with Crippen LogP contribution < -0.4 is 0 Å². The predicted octanol–water partition coefficient (Wildman–Crippen LogP) is 2.87. The molecule has 0 spiro atoms. The number of hydrogen-bond acceptors (Lipinski definition) is 5. The molecule has 0 bridgehead atoms. The number of hydrogen-bond donors (Lipinski definition) is 0. The molecule has 0 radical (unpaired) electrons. The second-order valence-electron chi connectivity index (χ2n) is 3.42. The molecular weight excluding hydrogens is 318 g/mol. The Labute approximate surface area is 120 Å². The highest BCUT2D eigenvalue weighted by molar-refractivity contribution is 7.36. The Morgan fingerprint density at radius 3 is 2.47 bits per heavy atom. The van der Waals surface area contributed by atoms with E-state index in [2.05, 4.69) is 0 Å². The maximum atomic E-state index is 11.8. The maximum Gasteiger partial charge on any atom is 0.433 e. The molecule has 0 amide bonds. The van der Waals surface area contributed by atoms with E-state index in [-0.39, 0.29) is 18.3 Å². The summed E-state index contributed by atoms with van der Waals surface area (Å²) in [4.78, 5) is 9.76. The molecule has 0 aliphatic carbocycles. The highest BCUT2D eigenvalue weighted by Crippen LogP contribution is 2.30. The number of furan rings is 1. The molecule has 1 rings (SSSR count). The van der Waals surface area contributed by atoms with Crippen LogP contribution in [-0.2, 0) is 15.7 Å². The summed E-state index contributed by atoms with van der Waals surface area (Å²) in [5.41, 5.74) is 0. The molecule has 1 heterocycles. The Balaban J connectivity index is 2.49. The topological polar surface area (TPSA) is 85.8 Å². The zero-order valence-electron chi connectivity index (χ0n) is 9.88. The van der Waals surface area contributed by atoms with E-state index >= 15 is 0 Å². The normalized spacial score (nSPS) is 12.8. The fourth-order valence-corrected chi connectivity index (χ4v) is 2.99. The Morgan fingerprint density at radius 1 is 1.37 bits per heavy atom. The molecular formula is C9H13Cl2N2O5P. The Kier molecular flexibility index (Phi) is 7.41. The van der Waals surface area contributed by atoms with Gasteiger partial charge in [-0.15, -0.1) is 23.2 Å². The summed E-state index contributed by atoms with van der Waals surface area (Å²) in [7, 11) is -2.48. The van der Waals surface area contributed by atoms with Crippen molar-refractivity contribution in [2.75, 3.05) is 24.8 Å². The summed E-state index contributed by atoms with van der Waals surface area (Å²) in [6.45, 7) is 0.682. The molecule has 1 aromatic heterocycles. The van der Waals surface area contributed by atoms with Crippen LogP contribution in [0.15, 0.2) is 16.5 Å². The van der Waals surface area contributed by atoms with Crippen molar-refractivity contribution in [3.8, 4) is 0 Å². The van der Waals surface area contributed by atoms with E-state index in [0.717, 1.165) is 0 Å². The summed E-state index contributed by atoms with van der Waals surface area (Å²) in [5.74, 6) is 0.476. The minimum Gasteiger partial charge on any atom is -0.403 e. The first-order valence-corrected chi connectivity index (χ1v) is 7.68. The lowest BCUT2D eigenvalue weighted by molar-refractivity contribution is -0.402. The maximum absolute atomic E-state index is 11.8. The quantitative estimate of drug-likeness (QED) is 0.299. The van der Waals surface area contributed by atoms with E-state index in [1.165, 1.54) is 16.8 Å². The molecule has 0 saturated carbocycles. The molecule has 0 aliphatic heterocycles. The monoisotopic (exact) mass is 330 g/mol. The molecule has 108 valence electrons. The Hall–Kier alpha value is -0.590. The summed E-state index contributed by atoms with van der Waals surface area (Å²) >= 11 is 11.2. The van der Waals surface area contributed by atoms with E-state index < -0.39 is 13.1 Å². The van der Waals surface area contributed by atoms with Gasteiger partial charge in [0.2, 0.25) is 0 Å². The summed E-state index contributed by atoms with van der Waals surface area (Å²) in [5, 5.41) is 10.4. The van der Waals surface area contributed by atoms with Gasteiger partial charge in [0.25, 0.3) is 8.18 Å². The highest BCUT2D eigenvalue weighted by Gasteiger charge is 2.15. The van der Waals surface area contributed by atoms with Crippen LogP contribution in [0.5, 0.6) is 0 Å². The lowest BCUT2D eigenvalue weighted by Gasteiger charge is -2.18. The molecule has 1 aromatic rings. The molecule has 0 aliphatic rings. The lowest BCUT2D eigenvalue weighted by atomic mass is 10.5. The number of halogens is 2. The minimum absolute atomic E-state index is 0.104. The highest BCUT2D eigenvalue weighted by atomic mass is 35.5. The SMILES string of the molecule is O=[N+]([O-])c1ccc(CO[PH](=O)N(CCCl)CCCl)o1. The zero-order chi connectivity index (χ0) is 14.3. The second kappa shape index (κ2) is 8.55. The van der Waals surface area contributed by atoms with Crippen molar-refractivity contribution in [1.29, 1.82) is 0 Å². The fraction of sp³-hybridized carbons (Fsp3) is 0.556. The number of rotatable bonds is 9. The Morgan fingerprint density at radius 2 is 2.00 bits per heavy atom. The average Bonchev–Trinajstić information content (AvgIpc) is 2.84. The molecule has 19 heavy (non-hydrogen) atoms. The first-order valence-electron chi connectivity index (χ1n) is 5.35. The third-order valence-corrected chi connectivity index (χ3v) is 3.83. The fourth-order valence-electron chi connectivity index (χ4n) is 1.26. The largest absolute Gasteiger partial charge is 0.433 e. The van der Waals surface area contributed by atoms with Gasteiger partial charge in [-0.3, -0.25) is 14.7 Å². The van der Waals surface area contributed by atoms with Gasteiger partial charge < -0.3 is 8.94 Å². The van der Waals surface area contributed by atoms with Gasteiger partial charge in [0.1, 0.15) is 17.3 Å². The first-order chi connectivity index (χ1) is 9.08. The van der Waals surface area contributed by atoms with Crippen LogP contribution in [0.4, 0.5) is 5.88 Å². The number of nitrogens with zero attached hydrogens (tertiary/aromatic N) is 2. The van der Waals surface area contributed by atoms with Gasteiger partial charge in [0.05, 0.1) is 6.07 Å². The molecule has 7 nitrogen and oxygen atoms in total. The van der Waals surface area contributed by atoms with Gasteiger partial charge in [-0.2, -0.15) is 0 Å². The van der Waals surface area contributed by atoms with Crippen molar-refractivity contribution in [3.63, 3.8) is 0 Å². The van der Waals surface area contributed by atoms with E-state index in [0.29, 0.717) is 24.8 Å². The number of nitro groups is 1. The van der Waals surface area contributed by atoms with Crippen molar-refractivity contribution in [3.05, 3.63) is 28.0 Å². The van der Waals surface area contributed by atoms with Crippen LogP contribution in [-0.4, -0.2) is 34.4 Å². The lowest BCUT2D eigenvalue weighted by Crippen LogP contribution is -2.21. The van der Waals surface area contributed by atoms with E-state index in [9.17, 15) is 14.7 Å². The van der Waals surface area contributed by atoms with Crippen molar-refractivity contribution >= 4 is 37.3 Å². The third kappa shape index (κ3) is 5.50. The zero-order valence-corrected chi connectivity index (χ0v) is 12.4. The minimum atomic E-state index is -2.48. The van der Waals surface area contributed by atoms with Crippen molar-refractivity contribution in [1.82, 2.24) is 4.67 Å². The predicted molar refractivity (Wildman–Crippen MR) is 72.2 cm³/mol. The van der Waals surface area contributed by atoms with E-state index in [1.54, 1.807) is 0 Å². The summed E-state index contributed by atoms with van der Waals surface area (Å²) in [6.07, 6.45) is 0. The molecule has 1 unspecified atom stereocenters. The summed E-state index contributed by atoms with van der Waals surface area (Å²) < 4.78 is 23.4. The van der Waals surface area contributed by atoms with Crippen LogP contribution in [0, 0.1) is 10.1 Å². The first kappa shape index (κ1) is 16.5. The average molecular weight is 331 g/mol. The van der Waals surface area contributed by atoms with Gasteiger partial charge in [-0.25, -0.2) is 4.67 Å². The van der Waals surface area contributed by atoms with Crippen molar-refractivity contribution in [2.45, 2.75) is 6.61 Å². The molecule has 0 saturated heterocycles. The van der Waals surface area contributed by atoms with Gasteiger partial charge in [0, 0.05) is 24.8 Å². The molecule has 0 aromatic carbocycles.